The second-order valence-corrected chi connectivity index (χ2v) is 11.2. The summed E-state index contributed by atoms with van der Waals surface area (Å²) in [6, 6.07) is 0. The van der Waals surface area contributed by atoms with Gasteiger partial charge in [-0.05, 0) is 69.9 Å². The predicted molar refractivity (Wildman–Crippen MR) is 113 cm³/mol. The number of carbonyl (C=O) groups excluding carboxylic acids is 2. The van der Waals surface area contributed by atoms with Gasteiger partial charge in [0, 0.05) is 16.7 Å². The van der Waals surface area contributed by atoms with Gasteiger partial charge < -0.3 is 19.3 Å². The van der Waals surface area contributed by atoms with Crippen LogP contribution in [-0.2, 0) is 23.8 Å². The Morgan fingerprint density at radius 2 is 1.97 bits per heavy atom. The standard InChI is InChI=1S/C25H34O6/c1-22(2)30-20(21(28)29-5)25(31-22)11-9-17-16-7-6-14-12-15(26)8-10-23(14,3)19(16)18(27)13-24(17,25)4/h8,10,12,16-20,27H,6-7,9,11,13H2,1-5H3/t16-,17-,18-,19+,20+,23-,24-,25-/m0/s1. The molecule has 0 aromatic rings. The number of hydrogen-bond donors (Lipinski definition) is 1. The van der Waals surface area contributed by atoms with Crippen LogP contribution < -0.4 is 0 Å². The smallest absolute Gasteiger partial charge is 0.338 e. The molecule has 0 aromatic carbocycles. The van der Waals surface area contributed by atoms with E-state index in [1.54, 1.807) is 12.2 Å². The molecule has 6 heteroatoms. The Morgan fingerprint density at radius 3 is 2.68 bits per heavy atom. The first-order valence-corrected chi connectivity index (χ1v) is 11.6. The summed E-state index contributed by atoms with van der Waals surface area (Å²) in [7, 11) is 1.39. The van der Waals surface area contributed by atoms with Crippen LogP contribution in [0.15, 0.2) is 23.8 Å². The van der Waals surface area contributed by atoms with Gasteiger partial charge in [-0.2, -0.15) is 0 Å². The Kier molecular flexibility index (Phi) is 4.49. The first kappa shape index (κ1) is 21.4. The van der Waals surface area contributed by atoms with Gasteiger partial charge in [-0.15, -0.1) is 0 Å². The molecule has 0 bridgehead atoms. The predicted octanol–water partition coefficient (Wildman–Crippen LogP) is 3.33. The second kappa shape index (κ2) is 6.52. The highest BCUT2D eigenvalue weighted by Crippen LogP contribution is 2.70. The monoisotopic (exact) mass is 430 g/mol. The number of aliphatic hydroxyl groups excluding tert-OH is 1. The quantitative estimate of drug-likeness (QED) is 0.643. The van der Waals surface area contributed by atoms with E-state index in [1.807, 2.05) is 19.9 Å². The molecule has 0 radical (unpaired) electrons. The number of allylic oxidation sites excluding steroid dienone is 4. The lowest BCUT2D eigenvalue weighted by atomic mass is 9.46. The van der Waals surface area contributed by atoms with Crippen LogP contribution in [0.3, 0.4) is 0 Å². The highest BCUT2D eigenvalue weighted by atomic mass is 16.8. The molecule has 0 aromatic heterocycles. The number of ether oxygens (including phenoxy) is 3. The maximum atomic E-state index is 12.8. The number of rotatable bonds is 1. The summed E-state index contributed by atoms with van der Waals surface area (Å²) in [4.78, 5) is 24.8. The highest BCUT2D eigenvalue weighted by Gasteiger charge is 2.74. The number of ketones is 1. The van der Waals surface area contributed by atoms with Crippen molar-refractivity contribution in [2.45, 2.75) is 83.4 Å². The number of aliphatic hydroxyl groups is 1. The summed E-state index contributed by atoms with van der Waals surface area (Å²) >= 11 is 0. The van der Waals surface area contributed by atoms with Crippen LogP contribution in [0.4, 0.5) is 0 Å². The molecule has 8 atom stereocenters. The molecule has 1 aliphatic heterocycles. The maximum Gasteiger partial charge on any atom is 0.338 e. The minimum atomic E-state index is -0.889. The minimum Gasteiger partial charge on any atom is -0.467 e. The average Bonchev–Trinajstić information content (AvgIpc) is 3.14. The third kappa shape index (κ3) is 2.67. The van der Waals surface area contributed by atoms with Crippen LogP contribution in [0.1, 0.15) is 59.8 Å². The molecule has 1 heterocycles. The molecule has 3 saturated carbocycles. The largest absolute Gasteiger partial charge is 0.467 e. The number of esters is 1. The molecule has 5 aliphatic rings. The second-order valence-electron chi connectivity index (χ2n) is 11.2. The first-order valence-electron chi connectivity index (χ1n) is 11.6. The van der Waals surface area contributed by atoms with Gasteiger partial charge in [0.1, 0.15) is 5.60 Å². The number of carbonyl (C=O) groups is 2. The SMILES string of the molecule is COC(=O)[C@H]1OC(C)(C)O[C@@]12CC[C@H]1[C@@H]3CCC4=CC(=O)C=C[C@]4(C)[C@H]3[C@@H](O)C[C@@]12C. The van der Waals surface area contributed by atoms with Gasteiger partial charge in [0.15, 0.2) is 17.7 Å². The van der Waals surface area contributed by atoms with Crippen molar-refractivity contribution in [2.75, 3.05) is 7.11 Å². The lowest BCUT2D eigenvalue weighted by molar-refractivity contribution is -0.210. The van der Waals surface area contributed by atoms with E-state index < -0.39 is 35.0 Å². The fourth-order valence-electron chi connectivity index (χ4n) is 8.19. The van der Waals surface area contributed by atoms with Gasteiger partial charge in [0.05, 0.1) is 13.2 Å². The van der Waals surface area contributed by atoms with Crippen molar-refractivity contribution in [3.05, 3.63) is 23.8 Å². The van der Waals surface area contributed by atoms with Crippen molar-refractivity contribution >= 4 is 11.8 Å². The Labute approximate surface area is 184 Å². The zero-order chi connectivity index (χ0) is 22.4. The first-order chi connectivity index (χ1) is 14.5. The molecule has 0 unspecified atom stereocenters. The highest BCUT2D eigenvalue weighted by molar-refractivity contribution is 6.01. The lowest BCUT2D eigenvalue weighted by Crippen LogP contribution is -2.62. The van der Waals surface area contributed by atoms with Crippen molar-refractivity contribution in [3.63, 3.8) is 0 Å². The topological polar surface area (TPSA) is 82.1 Å². The summed E-state index contributed by atoms with van der Waals surface area (Å²) in [5, 5.41) is 11.6. The third-order valence-corrected chi connectivity index (χ3v) is 9.35. The average molecular weight is 431 g/mol. The van der Waals surface area contributed by atoms with Gasteiger partial charge in [-0.25, -0.2) is 4.79 Å². The van der Waals surface area contributed by atoms with Crippen LogP contribution in [0, 0.1) is 28.6 Å². The van der Waals surface area contributed by atoms with Crippen molar-refractivity contribution in [2.24, 2.45) is 28.6 Å². The molecule has 31 heavy (non-hydrogen) atoms. The van der Waals surface area contributed by atoms with E-state index in [1.165, 1.54) is 7.11 Å². The van der Waals surface area contributed by atoms with Gasteiger partial charge in [-0.1, -0.05) is 25.5 Å². The van der Waals surface area contributed by atoms with Crippen LogP contribution in [-0.4, -0.2) is 47.6 Å². The van der Waals surface area contributed by atoms with Crippen LogP contribution in [0.5, 0.6) is 0 Å². The van der Waals surface area contributed by atoms with Gasteiger partial charge in [0.25, 0.3) is 0 Å². The fourth-order valence-corrected chi connectivity index (χ4v) is 8.19. The molecule has 0 amide bonds. The Hall–Kier alpha value is -1.50. The van der Waals surface area contributed by atoms with E-state index in [0.29, 0.717) is 24.7 Å². The summed E-state index contributed by atoms with van der Waals surface area (Å²) in [5.41, 5.74) is -0.381. The fraction of sp³-hybridized carbons (Fsp3) is 0.760. The summed E-state index contributed by atoms with van der Waals surface area (Å²) in [6.07, 6.45) is 8.08. The van der Waals surface area contributed by atoms with E-state index in [-0.39, 0.29) is 17.1 Å². The normalized spacial score (nSPS) is 49.9. The lowest BCUT2D eigenvalue weighted by Gasteiger charge is -2.60. The van der Waals surface area contributed by atoms with Crippen LogP contribution >= 0.6 is 0 Å². The maximum absolute atomic E-state index is 12.8. The molecule has 1 spiro atoms. The number of hydrogen-bond acceptors (Lipinski definition) is 6. The van der Waals surface area contributed by atoms with E-state index >= 15 is 0 Å². The summed E-state index contributed by atoms with van der Waals surface area (Å²) in [6.45, 7) is 8.04. The number of methoxy groups -OCH3 is 1. The van der Waals surface area contributed by atoms with Gasteiger partial charge >= 0.3 is 5.97 Å². The molecule has 1 saturated heterocycles. The molecule has 4 fully saturated rings. The van der Waals surface area contributed by atoms with E-state index in [9.17, 15) is 14.7 Å². The van der Waals surface area contributed by atoms with Gasteiger partial charge in [0.2, 0.25) is 0 Å². The van der Waals surface area contributed by atoms with E-state index in [0.717, 1.165) is 24.8 Å². The Morgan fingerprint density at radius 1 is 1.23 bits per heavy atom. The Bertz CT molecular complexity index is 888. The van der Waals surface area contributed by atoms with Gasteiger partial charge in [-0.3, -0.25) is 4.79 Å². The zero-order valence-corrected chi connectivity index (χ0v) is 19.1. The van der Waals surface area contributed by atoms with Crippen molar-refractivity contribution in [1.29, 1.82) is 0 Å². The van der Waals surface area contributed by atoms with E-state index in [4.69, 9.17) is 14.2 Å². The minimum absolute atomic E-state index is 0.0422. The molecule has 6 nitrogen and oxygen atoms in total. The van der Waals surface area contributed by atoms with Crippen LogP contribution in [0.25, 0.3) is 0 Å². The molecule has 170 valence electrons. The molecular formula is C25H34O6. The van der Waals surface area contributed by atoms with E-state index in [2.05, 4.69) is 13.8 Å². The molecule has 1 N–H and O–H groups in total. The molecule has 5 rings (SSSR count). The summed E-state index contributed by atoms with van der Waals surface area (Å²) in [5.74, 6) is -0.607. The molecular weight excluding hydrogens is 396 g/mol. The Balaban J connectivity index is 1.56. The van der Waals surface area contributed by atoms with Crippen molar-refractivity contribution in [3.8, 4) is 0 Å². The molecule has 4 aliphatic carbocycles. The zero-order valence-electron chi connectivity index (χ0n) is 19.1. The van der Waals surface area contributed by atoms with Crippen LogP contribution in [0.2, 0.25) is 0 Å². The summed E-state index contributed by atoms with van der Waals surface area (Å²) < 4.78 is 17.8. The third-order valence-electron chi connectivity index (χ3n) is 9.35. The van der Waals surface area contributed by atoms with Crippen molar-refractivity contribution < 1.29 is 28.9 Å². The van der Waals surface area contributed by atoms with Crippen molar-refractivity contribution in [1.82, 2.24) is 0 Å². The number of fused-ring (bicyclic) bond motifs is 6.